The van der Waals surface area contributed by atoms with E-state index >= 15 is 0 Å². The number of nitrogens with one attached hydrogen (secondary N) is 1. The fourth-order valence-electron chi connectivity index (χ4n) is 2.93. The molecule has 1 unspecified atom stereocenters. The topological polar surface area (TPSA) is 92.3 Å². The molecule has 0 spiro atoms. The number of ether oxygens (including phenoxy) is 5. The van der Waals surface area contributed by atoms with Crippen molar-refractivity contribution in [3.05, 3.63) is 42.0 Å². The summed E-state index contributed by atoms with van der Waals surface area (Å²) in [7, 11) is 0. The number of esters is 1. The van der Waals surface area contributed by atoms with Gasteiger partial charge in [0.25, 0.3) is 5.91 Å². The van der Waals surface area contributed by atoms with Gasteiger partial charge in [-0.3, -0.25) is 4.79 Å². The molecule has 172 valence electrons. The Labute approximate surface area is 187 Å². The van der Waals surface area contributed by atoms with Crippen molar-refractivity contribution < 1.29 is 33.3 Å². The Morgan fingerprint density at radius 1 is 0.969 bits per heavy atom. The van der Waals surface area contributed by atoms with Gasteiger partial charge < -0.3 is 29.0 Å². The molecule has 2 aromatic carbocycles. The largest absolute Gasteiger partial charge is 0.490 e. The molecule has 0 aliphatic carbocycles. The number of hydrogen-bond acceptors (Lipinski definition) is 7. The molecular formula is C24H29NO7. The van der Waals surface area contributed by atoms with Crippen LogP contribution in [0.3, 0.4) is 0 Å². The summed E-state index contributed by atoms with van der Waals surface area (Å²) in [4.78, 5) is 25.1. The molecule has 0 bridgehead atoms. The van der Waals surface area contributed by atoms with E-state index in [4.69, 9.17) is 23.7 Å². The van der Waals surface area contributed by atoms with Gasteiger partial charge in [-0.2, -0.15) is 0 Å². The SMILES string of the molecule is CCOc1cc(C(=O)OC(C)C(=O)Nc2ccc3c(c2)OCCO3)ccc1OCC(C)C. The summed E-state index contributed by atoms with van der Waals surface area (Å²) in [6, 6.07) is 9.91. The van der Waals surface area contributed by atoms with Crippen molar-refractivity contribution in [2.24, 2.45) is 5.92 Å². The Hall–Kier alpha value is -3.42. The molecule has 1 amide bonds. The highest BCUT2D eigenvalue weighted by Crippen LogP contribution is 2.33. The lowest BCUT2D eigenvalue weighted by atomic mass is 10.2. The number of benzene rings is 2. The second-order valence-electron chi connectivity index (χ2n) is 7.69. The Morgan fingerprint density at radius 3 is 2.44 bits per heavy atom. The van der Waals surface area contributed by atoms with Crippen LogP contribution in [0.4, 0.5) is 5.69 Å². The summed E-state index contributed by atoms with van der Waals surface area (Å²) in [6.45, 7) is 9.33. The molecule has 1 aliphatic heterocycles. The third-order valence-corrected chi connectivity index (χ3v) is 4.51. The number of rotatable bonds is 9. The monoisotopic (exact) mass is 443 g/mol. The van der Waals surface area contributed by atoms with E-state index in [1.165, 1.54) is 6.92 Å². The molecule has 0 fully saturated rings. The van der Waals surface area contributed by atoms with Crippen LogP contribution >= 0.6 is 0 Å². The minimum atomic E-state index is -1.01. The summed E-state index contributed by atoms with van der Waals surface area (Å²) >= 11 is 0. The Balaban J connectivity index is 1.62. The smallest absolute Gasteiger partial charge is 0.339 e. The number of hydrogen-bond donors (Lipinski definition) is 1. The van der Waals surface area contributed by atoms with Gasteiger partial charge in [0, 0.05) is 11.8 Å². The normalized spacial score (nSPS) is 13.3. The Kier molecular flexibility index (Phi) is 7.81. The fourth-order valence-corrected chi connectivity index (χ4v) is 2.93. The van der Waals surface area contributed by atoms with Crippen LogP contribution in [0.2, 0.25) is 0 Å². The standard InChI is InChI=1S/C24H29NO7/c1-5-28-21-12-17(6-8-20(21)31-14-15(2)3)24(27)32-16(4)23(26)25-18-7-9-19-22(13-18)30-11-10-29-19/h6-9,12-13,15-16H,5,10-11,14H2,1-4H3,(H,25,26). The summed E-state index contributed by atoms with van der Waals surface area (Å²) in [5.74, 6) is 1.45. The van der Waals surface area contributed by atoms with Gasteiger partial charge in [0.15, 0.2) is 29.1 Å². The molecule has 32 heavy (non-hydrogen) atoms. The van der Waals surface area contributed by atoms with Crippen molar-refractivity contribution in [1.82, 2.24) is 0 Å². The zero-order chi connectivity index (χ0) is 23.1. The van der Waals surface area contributed by atoms with Crippen LogP contribution in [0.1, 0.15) is 38.1 Å². The molecule has 1 heterocycles. The molecule has 3 rings (SSSR count). The van der Waals surface area contributed by atoms with Crippen molar-refractivity contribution in [1.29, 1.82) is 0 Å². The first-order chi connectivity index (χ1) is 15.4. The van der Waals surface area contributed by atoms with Gasteiger partial charge in [0.05, 0.1) is 18.8 Å². The maximum absolute atomic E-state index is 12.6. The lowest BCUT2D eigenvalue weighted by Crippen LogP contribution is -2.30. The number of amides is 1. The number of carbonyl (C=O) groups is 2. The van der Waals surface area contributed by atoms with Crippen molar-refractivity contribution in [3.63, 3.8) is 0 Å². The lowest BCUT2D eigenvalue weighted by molar-refractivity contribution is -0.123. The van der Waals surface area contributed by atoms with Crippen LogP contribution in [0.25, 0.3) is 0 Å². The van der Waals surface area contributed by atoms with E-state index in [9.17, 15) is 9.59 Å². The minimum absolute atomic E-state index is 0.268. The third kappa shape index (κ3) is 6.06. The number of fused-ring (bicyclic) bond motifs is 1. The Morgan fingerprint density at radius 2 is 1.72 bits per heavy atom. The molecule has 2 aromatic rings. The summed E-state index contributed by atoms with van der Waals surface area (Å²) in [5, 5.41) is 2.72. The van der Waals surface area contributed by atoms with E-state index in [-0.39, 0.29) is 5.56 Å². The molecule has 0 saturated carbocycles. The Bertz CT molecular complexity index is 957. The van der Waals surface area contributed by atoms with E-state index < -0.39 is 18.0 Å². The van der Waals surface area contributed by atoms with E-state index in [1.807, 2.05) is 20.8 Å². The van der Waals surface area contributed by atoms with E-state index in [0.717, 1.165) is 0 Å². The summed E-state index contributed by atoms with van der Waals surface area (Å²) < 4.78 is 27.7. The minimum Gasteiger partial charge on any atom is -0.490 e. The van der Waals surface area contributed by atoms with E-state index in [2.05, 4.69) is 5.32 Å². The van der Waals surface area contributed by atoms with Crippen molar-refractivity contribution in [2.45, 2.75) is 33.8 Å². The molecule has 8 nitrogen and oxygen atoms in total. The van der Waals surface area contributed by atoms with Gasteiger partial charge >= 0.3 is 5.97 Å². The average Bonchev–Trinajstić information content (AvgIpc) is 2.78. The molecule has 0 radical (unpaired) electrons. The van der Waals surface area contributed by atoms with E-state index in [0.29, 0.717) is 61.0 Å². The summed E-state index contributed by atoms with van der Waals surface area (Å²) in [6.07, 6.45) is -1.01. The van der Waals surface area contributed by atoms with Gasteiger partial charge in [-0.25, -0.2) is 4.79 Å². The molecule has 1 aliphatic rings. The average molecular weight is 443 g/mol. The van der Waals surface area contributed by atoms with Crippen LogP contribution in [-0.4, -0.2) is 44.4 Å². The van der Waals surface area contributed by atoms with Gasteiger partial charge in [0.1, 0.15) is 13.2 Å². The third-order valence-electron chi connectivity index (χ3n) is 4.51. The van der Waals surface area contributed by atoms with Crippen LogP contribution in [0.15, 0.2) is 36.4 Å². The first kappa shape index (κ1) is 23.2. The fraction of sp³-hybridized carbons (Fsp3) is 0.417. The molecule has 0 saturated heterocycles. The first-order valence-corrected chi connectivity index (χ1v) is 10.7. The maximum atomic E-state index is 12.6. The molecule has 1 N–H and O–H groups in total. The molecule has 0 aromatic heterocycles. The van der Waals surface area contributed by atoms with Crippen LogP contribution in [-0.2, 0) is 9.53 Å². The van der Waals surface area contributed by atoms with Crippen LogP contribution in [0, 0.1) is 5.92 Å². The van der Waals surface area contributed by atoms with Gasteiger partial charge in [-0.15, -0.1) is 0 Å². The predicted octanol–water partition coefficient (Wildman–Crippen LogP) is 4.08. The highest BCUT2D eigenvalue weighted by Gasteiger charge is 2.21. The van der Waals surface area contributed by atoms with Crippen molar-refractivity contribution in [3.8, 4) is 23.0 Å². The van der Waals surface area contributed by atoms with Gasteiger partial charge in [0.2, 0.25) is 0 Å². The van der Waals surface area contributed by atoms with Crippen molar-refractivity contribution in [2.75, 3.05) is 31.7 Å². The molecular weight excluding hydrogens is 414 g/mol. The zero-order valence-electron chi connectivity index (χ0n) is 18.8. The quantitative estimate of drug-likeness (QED) is 0.584. The molecule has 8 heteroatoms. The maximum Gasteiger partial charge on any atom is 0.339 e. The summed E-state index contributed by atoms with van der Waals surface area (Å²) in [5.41, 5.74) is 0.789. The van der Waals surface area contributed by atoms with Gasteiger partial charge in [-0.1, -0.05) is 13.8 Å². The molecule has 1 atom stereocenters. The second-order valence-corrected chi connectivity index (χ2v) is 7.69. The second kappa shape index (κ2) is 10.7. The van der Waals surface area contributed by atoms with Crippen LogP contribution < -0.4 is 24.3 Å². The van der Waals surface area contributed by atoms with Gasteiger partial charge in [-0.05, 0) is 50.1 Å². The first-order valence-electron chi connectivity index (χ1n) is 10.7. The lowest BCUT2D eigenvalue weighted by Gasteiger charge is -2.19. The number of anilines is 1. The highest BCUT2D eigenvalue weighted by atomic mass is 16.6. The highest BCUT2D eigenvalue weighted by molar-refractivity contribution is 5.97. The predicted molar refractivity (Wildman–Crippen MR) is 119 cm³/mol. The number of carbonyl (C=O) groups excluding carboxylic acids is 2. The zero-order valence-corrected chi connectivity index (χ0v) is 18.8. The van der Waals surface area contributed by atoms with Crippen molar-refractivity contribution >= 4 is 17.6 Å². The van der Waals surface area contributed by atoms with E-state index in [1.54, 1.807) is 36.4 Å². The van der Waals surface area contributed by atoms with Crippen LogP contribution in [0.5, 0.6) is 23.0 Å².